The van der Waals surface area contributed by atoms with Crippen molar-refractivity contribution in [2.75, 3.05) is 12.4 Å². The van der Waals surface area contributed by atoms with Gasteiger partial charge in [-0.05, 0) is 49.9 Å². The topological polar surface area (TPSA) is 80.3 Å². The quantitative estimate of drug-likeness (QED) is 0.813. The molecule has 0 spiro atoms. The molecule has 1 aromatic carbocycles. The Hall–Kier alpha value is -2.41. The highest BCUT2D eigenvalue weighted by molar-refractivity contribution is 7.14. The summed E-state index contributed by atoms with van der Waals surface area (Å²) < 4.78 is 5.35. The first-order chi connectivity index (χ1) is 12.5. The number of anilines is 1. The Morgan fingerprint density at radius 2 is 2.19 bits per heavy atom. The standard InChI is InChI=1S/C19H23N3O3S/c1-11-9-16(25-3)12(2)8-14(11)15-10-26-19(21-15)22-18(24)7-5-13-4-6-17(23)20-13/h8-10,13H,4-7H2,1-3H3,(H,20,23)(H,21,22,24). The molecule has 0 saturated carbocycles. The van der Waals surface area contributed by atoms with Crippen molar-refractivity contribution in [2.24, 2.45) is 0 Å². The van der Waals surface area contributed by atoms with E-state index in [2.05, 4.69) is 21.7 Å². The molecule has 1 aliphatic rings. The molecule has 2 amide bonds. The van der Waals surface area contributed by atoms with Crippen molar-refractivity contribution in [3.8, 4) is 17.0 Å². The van der Waals surface area contributed by atoms with Crippen LogP contribution in [0.25, 0.3) is 11.3 Å². The maximum absolute atomic E-state index is 12.1. The fraction of sp³-hybridized carbons (Fsp3) is 0.421. The minimum Gasteiger partial charge on any atom is -0.496 e. The molecular formula is C19H23N3O3S. The van der Waals surface area contributed by atoms with Gasteiger partial charge in [-0.15, -0.1) is 11.3 Å². The van der Waals surface area contributed by atoms with E-state index in [1.165, 1.54) is 11.3 Å². The highest BCUT2D eigenvalue weighted by Crippen LogP contribution is 2.32. The van der Waals surface area contributed by atoms with Crippen molar-refractivity contribution in [1.29, 1.82) is 0 Å². The Kier molecular flexibility index (Phi) is 5.56. The smallest absolute Gasteiger partial charge is 0.226 e. The molecule has 0 bridgehead atoms. The van der Waals surface area contributed by atoms with Crippen LogP contribution >= 0.6 is 11.3 Å². The molecule has 1 aromatic heterocycles. The molecule has 0 aliphatic carbocycles. The van der Waals surface area contributed by atoms with Gasteiger partial charge in [-0.2, -0.15) is 0 Å². The number of amides is 2. The third-order valence-corrected chi connectivity index (χ3v) is 5.33. The van der Waals surface area contributed by atoms with Gasteiger partial charge in [-0.3, -0.25) is 9.59 Å². The maximum atomic E-state index is 12.1. The zero-order valence-electron chi connectivity index (χ0n) is 15.2. The van der Waals surface area contributed by atoms with Crippen LogP contribution in [0, 0.1) is 13.8 Å². The third-order valence-electron chi connectivity index (χ3n) is 4.57. The lowest BCUT2D eigenvalue weighted by molar-refractivity contribution is -0.120. The number of methoxy groups -OCH3 is 1. The SMILES string of the molecule is COc1cc(C)c(-c2csc(NC(=O)CCC3CCC(=O)N3)n2)cc1C. The number of hydrogen-bond acceptors (Lipinski definition) is 5. The van der Waals surface area contributed by atoms with Crippen LogP contribution in [0.5, 0.6) is 5.75 Å². The second-order valence-corrected chi connectivity index (χ2v) is 7.42. The van der Waals surface area contributed by atoms with Gasteiger partial charge in [-0.1, -0.05) is 0 Å². The molecule has 1 unspecified atom stereocenters. The highest BCUT2D eigenvalue weighted by Gasteiger charge is 2.21. The van der Waals surface area contributed by atoms with Gasteiger partial charge >= 0.3 is 0 Å². The van der Waals surface area contributed by atoms with Crippen LogP contribution in [-0.2, 0) is 9.59 Å². The predicted octanol–water partition coefficient (Wildman–Crippen LogP) is 3.43. The van der Waals surface area contributed by atoms with E-state index in [9.17, 15) is 9.59 Å². The van der Waals surface area contributed by atoms with Crippen LogP contribution in [0.1, 0.15) is 36.8 Å². The minimum atomic E-state index is -0.0744. The van der Waals surface area contributed by atoms with Crippen molar-refractivity contribution >= 4 is 28.3 Å². The Bertz CT molecular complexity index is 831. The molecule has 1 saturated heterocycles. The number of carbonyl (C=O) groups excluding carboxylic acids is 2. The van der Waals surface area contributed by atoms with Gasteiger partial charge in [0.2, 0.25) is 11.8 Å². The zero-order valence-corrected chi connectivity index (χ0v) is 16.0. The molecule has 7 heteroatoms. The van der Waals surface area contributed by atoms with Gasteiger partial charge in [0, 0.05) is 29.8 Å². The summed E-state index contributed by atoms with van der Waals surface area (Å²) in [6.45, 7) is 4.02. The number of thiazole rings is 1. The first-order valence-electron chi connectivity index (χ1n) is 8.66. The average Bonchev–Trinajstić information content (AvgIpc) is 3.23. The Morgan fingerprint density at radius 1 is 1.38 bits per heavy atom. The van der Waals surface area contributed by atoms with E-state index in [-0.39, 0.29) is 17.9 Å². The summed E-state index contributed by atoms with van der Waals surface area (Å²) in [7, 11) is 1.66. The third kappa shape index (κ3) is 4.22. The summed E-state index contributed by atoms with van der Waals surface area (Å²) in [5, 5.41) is 8.27. The van der Waals surface area contributed by atoms with Gasteiger partial charge in [0.05, 0.1) is 12.8 Å². The van der Waals surface area contributed by atoms with Gasteiger partial charge in [0.15, 0.2) is 5.13 Å². The second kappa shape index (κ2) is 7.86. The predicted molar refractivity (Wildman–Crippen MR) is 103 cm³/mol. The summed E-state index contributed by atoms with van der Waals surface area (Å²) in [6.07, 6.45) is 2.40. The number of benzene rings is 1. The zero-order chi connectivity index (χ0) is 18.7. The molecule has 6 nitrogen and oxygen atoms in total. The fourth-order valence-corrected chi connectivity index (χ4v) is 3.85. The number of nitrogens with one attached hydrogen (secondary N) is 2. The van der Waals surface area contributed by atoms with Crippen LogP contribution in [0.15, 0.2) is 17.5 Å². The number of ether oxygens (including phenoxy) is 1. The molecule has 1 fully saturated rings. The average molecular weight is 373 g/mol. The minimum absolute atomic E-state index is 0.0742. The monoisotopic (exact) mass is 373 g/mol. The molecule has 26 heavy (non-hydrogen) atoms. The van der Waals surface area contributed by atoms with E-state index in [4.69, 9.17) is 4.74 Å². The molecule has 0 radical (unpaired) electrons. The Labute approximate surface area is 157 Å². The van der Waals surface area contributed by atoms with E-state index < -0.39 is 0 Å². The highest BCUT2D eigenvalue weighted by atomic mass is 32.1. The van der Waals surface area contributed by atoms with Crippen LogP contribution in [-0.4, -0.2) is 29.9 Å². The normalized spacial score (nSPS) is 16.4. The molecule has 2 N–H and O–H groups in total. The van der Waals surface area contributed by atoms with Crippen molar-refractivity contribution < 1.29 is 14.3 Å². The summed E-state index contributed by atoms with van der Waals surface area (Å²) in [5.41, 5.74) is 4.00. The fourth-order valence-electron chi connectivity index (χ4n) is 3.12. The van der Waals surface area contributed by atoms with Crippen LogP contribution in [0.4, 0.5) is 5.13 Å². The molecule has 3 rings (SSSR count). The molecule has 2 heterocycles. The first-order valence-corrected chi connectivity index (χ1v) is 9.54. The number of aryl methyl sites for hydroxylation is 2. The largest absolute Gasteiger partial charge is 0.496 e. The number of hydrogen-bond donors (Lipinski definition) is 2. The molecule has 1 atom stereocenters. The van der Waals surface area contributed by atoms with E-state index in [0.29, 0.717) is 24.4 Å². The summed E-state index contributed by atoms with van der Waals surface area (Å²) in [4.78, 5) is 27.9. The second-order valence-electron chi connectivity index (χ2n) is 6.56. The number of carbonyl (C=O) groups is 2. The van der Waals surface area contributed by atoms with Crippen molar-refractivity contribution in [1.82, 2.24) is 10.3 Å². The first kappa shape index (κ1) is 18.4. The molecule has 138 valence electrons. The van der Waals surface area contributed by atoms with E-state index in [0.717, 1.165) is 34.6 Å². The van der Waals surface area contributed by atoms with Crippen molar-refractivity contribution in [2.45, 2.75) is 45.6 Å². The number of rotatable bonds is 6. The van der Waals surface area contributed by atoms with Gasteiger partial charge in [-0.25, -0.2) is 4.98 Å². The number of aromatic nitrogens is 1. The maximum Gasteiger partial charge on any atom is 0.226 e. The Morgan fingerprint density at radius 3 is 2.88 bits per heavy atom. The molecular weight excluding hydrogens is 350 g/mol. The van der Waals surface area contributed by atoms with E-state index >= 15 is 0 Å². The van der Waals surface area contributed by atoms with Crippen LogP contribution < -0.4 is 15.4 Å². The lowest BCUT2D eigenvalue weighted by Crippen LogP contribution is -2.26. The number of nitrogens with zero attached hydrogens (tertiary/aromatic N) is 1. The summed E-state index contributed by atoms with van der Waals surface area (Å²) in [5.74, 6) is 0.855. The van der Waals surface area contributed by atoms with Gasteiger partial charge in [0.25, 0.3) is 0 Å². The Balaban J connectivity index is 1.62. The van der Waals surface area contributed by atoms with Crippen LogP contribution in [0.2, 0.25) is 0 Å². The van der Waals surface area contributed by atoms with Gasteiger partial charge in [0.1, 0.15) is 5.75 Å². The van der Waals surface area contributed by atoms with Crippen molar-refractivity contribution in [3.05, 3.63) is 28.6 Å². The van der Waals surface area contributed by atoms with Crippen molar-refractivity contribution in [3.63, 3.8) is 0 Å². The summed E-state index contributed by atoms with van der Waals surface area (Å²) in [6, 6.07) is 4.17. The van der Waals surface area contributed by atoms with Crippen LogP contribution in [0.3, 0.4) is 0 Å². The lowest BCUT2D eigenvalue weighted by atomic mass is 10.0. The lowest BCUT2D eigenvalue weighted by Gasteiger charge is -2.10. The van der Waals surface area contributed by atoms with E-state index in [1.807, 2.05) is 25.3 Å². The van der Waals surface area contributed by atoms with E-state index in [1.54, 1.807) is 7.11 Å². The molecule has 2 aromatic rings. The van der Waals surface area contributed by atoms with Gasteiger partial charge < -0.3 is 15.4 Å². The molecule has 1 aliphatic heterocycles. The summed E-state index contributed by atoms with van der Waals surface area (Å²) >= 11 is 1.41.